The number of unbranched alkanes of at least 4 members (excludes halogenated alkanes) is 1. The maximum absolute atomic E-state index is 8.49. The van der Waals surface area contributed by atoms with Gasteiger partial charge in [-0.15, -0.1) is 0 Å². The number of nitrogens with one attached hydrogen (secondary N) is 1. The first-order chi connectivity index (χ1) is 10.2. The van der Waals surface area contributed by atoms with Crippen LogP contribution in [-0.4, -0.2) is 16.4 Å². The average molecular weight is 284 g/mol. The molecule has 2 rings (SSSR count). The van der Waals surface area contributed by atoms with E-state index in [0.717, 1.165) is 30.1 Å². The van der Waals surface area contributed by atoms with E-state index < -0.39 is 0 Å². The number of aryl methyl sites for hydroxylation is 1. The number of anilines is 1. The van der Waals surface area contributed by atoms with Gasteiger partial charge in [-0.05, 0) is 25.5 Å². The monoisotopic (exact) mass is 284 g/mol. The highest BCUT2D eigenvalue weighted by molar-refractivity contribution is 5.48. The predicted molar refractivity (Wildman–Crippen MR) is 82.1 cm³/mol. The van der Waals surface area contributed by atoms with Gasteiger partial charge < -0.3 is 10.1 Å². The zero-order valence-corrected chi connectivity index (χ0v) is 12.5. The summed E-state index contributed by atoms with van der Waals surface area (Å²) in [4.78, 5) is 0. The zero-order valence-electron chi connectivity index (χ0n) is 12.5. The number of benzene rings is 1. The van der Waals surface area contributed by atoms with Gasteiger partial charge in [-0.1, -0.05) is 6.07 Å². The van der Waals surface area contributed by atoms with Crippen molar-refractivity contribution in [2.75, 3.05) is 11.9 Å². The van der Waals surface area contributed by atoms with Crippen molar-refractivity contribution in [3.63, 3.8) is 0 Å². The summed E-state index contributed by atoms with van der Waals surface area (Å²) >= 11 is 0. The van der Waals surface area contributed by atoms with E-state index in [1.54, 1.807) is 0 Å². The Morgan fingerprint density at radius 1 is 1.43 bits per heavy atom. The van der Waals surface area contributed by atoms with Gasteiger partial charge in [0.1, 0.15) is 5.75 Å². The van der Waals surface area contributed by atoms with E-state index >= 15 is 0 Å². The minimum atomic E-state index is 0.526. The third-order valence-corrected chi connectivity index (χ3v) is 3.36. The molecule has 0 fully saturated rings. The predicted octanol–water partition coefficient (Wildman–Crippen LogP) is 3.02. The molecule has 1 aromatic carbocycles. The highest BCUT2D eigenvalue weighted by atomic mass is 16.5. The van der Waals surface area contributed by atoms with Crippen molar-refractivity contribution in [1.82, 2.24) is 9.78 Å². The third kappa shape index (κ3) is 4.25. The van der Waals surface area contributed by atoms with Crippen LogP contribution < -0.4 is 10.1 Å². The largest absolute Gasteiger partial charge is 0.493 e. The van der Waals surface area contributed by atoms with Gasteiger partial charge in [0.15, 0.2) is 0 Å². The van der Waals surface area contributed by atoms with Crippen LogP contribution >= 0.6 is 0 Å². The van der Waals surface area contributed by atoms with E-state index in [1.807, 2.05) is 42.2 Å². The Bertz CT molecular complexity index is 627. The average Bonchev–Trinajstić information content (AvgIpc) is 2.82. The van der Waals surface area contributed by atoms with Gasteiger partial charge in [0.05, 0.1) is 18.9 Å². The Hall–Kier alpha value is -2.48. The fourth-order valence-electron chi connectivity index (χ4n) is 1.95. The lowest BCUT2D eigenvalue weighted by Crippen LogP contribution is -2.02. The Labute approximate surface area is 125 Å². The molecule has 1 aromatic heterocycles. The topological polar surface area (TPSA) is 62.9 Å². The highest BCUT2D eigenvalue weighted by Gasteiger charge is 2.03. The molecule has 0 aliphatic rings. The van der Waals surface area contributed by atoms with Gasteiger partial charge in [0.25, 0.3) is 0 Å². The molecule has 0 aliphatic carbocycles. The molecule has 21 heavy (non-hydrogen) atoms. The van der Waals surface area contributed by atoms with Gasteiger partial charge in [-0.2, -0.15) is 10.4 Å². The summed E-state index contributed by atoms with van der Waals surface area (Å²) in [5.41, 5.74) is 3.35. The summed E-state index contributed by atoms with van der Waals surface area (Å²) in [6, 6.07) is 9.97. The van der Waals surface area contributed by atoms with Crippen LogP contribution in [0.4, 0.5) is 5.69 Å². The van der Waals surface area contributed by atoms with Gasteiger partial charge in [-0.25, -0.2) is 0 Å². The number of hydrogen-bond donors (Lipinski definition) is 1. The molecule has 0 bridgehead atoms. The van der Waals surface area contributed by atoms with Crippen molar-refractivity contribution in [1.29, 1.82) is 5.26 Å². The lowest BCUT2D eigenvalue weighted by Gasteiger charge is -2.09. The summed E-state index contributed by atoms with van der Waals surface area (Å²) in [7, 11) is 1.94. The molecule has 1 N–H and O–H groups in total. The van der Waals surface area contributed by atoms with E-state index in [0.29, 0.717) is 13.0 Å². The Kier molecular flexibility index (Phi) is 5.22. The second-order valence-electron chi connectivity index (χ2n) is 4.87. The van der Waals surface area contributed by atoms with Crippen molar-refractivity contribution in [2.45, 2.75) is 26.3 Å². The van der Waals surface area contributed by atoms with Crippen molar-refractivity contribution < 1.29 is 4.74 Å². The first-order valence-electron chi connectivity index (χ1n) is 7.02. The fraction of sp³-hybridized carbons (Fsp3) is 0.375. The van der Waals surface area contributed by atoms with Crippen LogP contribution in [0.5, 0.6) is 5.75 Å². The van der Waals surface area contributed by atoms with E-state index in [1.165, 1.54) is 5.56 Å². The van der Waals surface area contributed by atoms with Crippen LogP contribution in [0.15, 0.2) is 30.5 Å². The van der Waals surface area contributed by atoms with Crippen molar-refractivity contribution in [3.05, 3.63) is 41.7 Å². The molecule has 1 heterocycles. The molecule has 0 radical (unpaired) electrons. The quantitative estimate of drug-likeness (QED) is 0.794. The number of ether oxygens (including phenoxy) is 1. The molecule has 0 atom stereocenters. The van der Waals surface area contributed by atoms with Crippen LogP contribution in [0.2, 0.25) is 0 Å². The van der Waals surface area contributed by atoms with Crippen molar-refractivity contribution in [3.8, 4) is 11.8 Å². The number of aromatic nitrogens is 2. The number of hydrogen-bond acceptors (Lipinski definition) is 4. The number of nitrogens with zero attached hydrogens (tertiary/aromatic N) is 3. The SMILES string of the molecule is Cc1c(CNc2cccc(OCCCC#N)c2)cnn1C. The fourth-order valence-corrected chi connectivity index (χ4v) is 1.95. The second-order valence-corrected chi connectivity index (χ2v) is 4.87. The smallest absolute Gasteiger partial charge is 0.121 e. The van der Waals surface area contributed by atoms with E-state index in [-0.39, 0.29) is 0 Å². The van der Waals surface area contributed by atoms with E-state index in [2.05, 4.69) is 23.4 Å². The third-order valence-electron chi connectivity index (χ3n) is 3.36. The molecule has 5 heteroatoms. The Morgan fingerprint density at radius 3 is 3.00 bits per heavy atom. The zero-order chi connectivity index (χ0) is 15.1. The molecule has 2 aromatic rings. The van der Waals surface area contributed by atoms with Gasteiger partial charge >= 0.3 is 0 Å². The highest BCUT2D eigenvalue weighted by Crippen LogP contribution is 2.19. The summed E-state index contributed by atoms with van der Waals surface area (Å²) in [5.74, 6) is 0.820. The maximum Gasteiger partial charge on any atom is 0.121 e. The van der Waals surface area contributed by atoms with E-state index in [9.17, 15) is 0 Å². The van der Waals surface area contributed by atoms with Crippen LogP contribution in [-0.2, 0) is 13.6 Å². The standard InChI is InChI=1S/C16H20N4O/c1-13-14(12-19-20(13)2)11-18-15-6-5-7-16(10-15)21-9-4-3-8-17/h5-7,10,12,18H,3-4,9,11H2,1-2H3. The second kappa shape index (κ2) is 7.34. The molecule has 0 amide bonds. The first kappa shape index (κ1) is 14.9. The van der Waals surface area contributed by atoms with Crippen LogP contribution in [0, 0.1) is 18.3 Å². The Morgan fingerprint density at radius 2 is 2.29 bits per heavy atom. The first-order valence-corrected chi connectivity index (χ1v) is 7.02. The Balaban J connectivity index is 1.89. The minimum absolute atomic E-state index is 0.526. The molecule has 0 saturated carbocycles. The molecule has 0 aliphatic heterocycles. The minimum Gasteiger partial charge on any atom is -0.493 e. The molecule has 110 valence electrons. The molecular weight excluding hydrogens is 264 g/mol. The van der Waals surface area contributed by atoms with Gasteiger partial charge in [-0.3, -0.25) is 4.68 Å². The van der Waals surface area contributed by atoms with Crippen molar-refractivity contribution >= 4 is 5.69 Å². The molecular formula is C16H20N4O. The number of rotatable bonds is 7. The van der Waals surface area contributed by atoms with Crippen LogP contribution in [0.3, 0.4) is 0 Å². The summed E-state index contributed by atoms with van der Waals surface area (Å²) in [6.45, 7) is 3.36. The summed E-state index contributed by atoms with van der Waals surface area (Å²) in [6.07, 6.45) is 3.16. The van der Waals surface area contributed by atoms with E-state index in [4.69, 9.17) is 10.00 Å². The van der Waals surface area contributed by atoms with Crippen LogP contribution in [0.1, 0.15) is 24.1 Å². The number of nitriles is 1. The van der Waals surface area contributed by atoms with Crippen molar-refractivity contribution in [2.24, 2.45) is 7.05 Å². The summed E-state index contributed by atoms with van der Waals surface area (Å²) < 4.78 is 7.49. The molecule has 0 spiro atoms. The maximum atomic E-state index is 8.49. The van der Waals surface area contributed by atoms with Gasteiger partial charge in [0, 0.05) is 43.0 Å². The summed E-state index contributed by atoms with van der Waals surface area (Å²) in [5, 5.41) is 16.1. The van der Waals surface area contributed by atoms with Gasteiger partial charge in [0.2, 0.25) is 0 Å². The lowest BCUT2D eigenvalue weighted by atomic mass is 10.2. The lowest BCUT2D eigenvalue weighted by molar-refractivity contribution is 0.313. The molecule has 0 saturated heterocycles. The normalized spacial score (nSPS) is 10.1. The molecule has 0 unspecified atom stereocenters. The molecule has 5 nitrogen and oxygen atoms in total. The van der Waals surface area contributed by atoms with Crippen LogP contribution in [0.25, 0.3) is 0 Å².